The van der Waals surface area contributed by atoms with Gasteiger partial charge >= 0.3 is 0 Å². The highest BCUT2D eigenvalue weighted by atomic mass is 14.9. The quantitative estimate of drug-likeness (QED) is 0.527. The molecule has 1 heteroatoms. The first-order valence-corrected chi connectivity index (χ1v) is 3.35. The zero-order chi connectivity index (χ0) is 5.98. The topological polar surface area (TPSA) is 12.4 Å². The van der Waals surface area contributed by atoms with Crippen LogP contribution >= 0.6 is 0 Å². The normalized spacial score (nSPS) is 20.0. The predicted molar refractivity (Wildman–Crippen MR) is 36.4 cm³/mol. The molecular weight excluding hydrogens is 98.1 g/mol. The molecule has 1 heterocycles. The Morgan fingerprint density at radius 1 is 1.75 bits per heavy atom. The van der Waals surface area contributed by atoms with E-state index in [4.69, 9.17) is 0 Å². The summed E-state index contributed by atoms with van der Waals surface area (Å²) in [6.07, 6.45) is 2.54. The van der Waals surface area contributed by atoms with Crippen molar-refractivity contribution in [3.05, 3.63) is 0 Å². The van der Waals surface area contributed by atoms with Crippen LogP contribution in [-0.4, -0.2) is 12.3 Å². The van der Waals surface area contributed by atoms with E-state index >= 15 is 0 Å². The first-order valence-electron chi connectivity index (χ1n) is 3.35. The van der Waals surface area contributed by atoms with Crippen molar-refractivity contribution in [2.24, 2.45) is 10.9 Å². The molecule has 0 bridgehead atoms. The van der Waals surface area contributed by atoms with Gasteiger partial charge in [-0.3, -0.25) is 4.99 Å². The molecule has 0 aromatic carbocycles. The molecule has 0 aromatic heterocycles. The molecule has 0 aliphatic carbocycles. The monoisotopic (exact) mass is 111 g/mol. The van der Waals surface area contributed by atoms with Crippen molar-refractivity contribution in [3.8, 4) is 0 Å². The lowest BCUT2D eigenvalue weighted by Crippen LogP contribution is -1.95. The van der Waals surface area contributed by atoms with Crippen LogP contribution < -0.4 is 0 Å². The lowest BCUT2D eigenvalue weighted by atomic mass is 10.0. The van der Waals surface area contributed by atoms with E-state index in [1.807, 2.05) is 0 Å². The summed E-state index contributed by atoms with van der Waals surface area (Å²) in [7, 11) is 0. The molecule has 0 amide bonds. The van der Waals surface area contributed by atoms with Crippen molar-refractivity contribution < 1.29 is 0 Å². The third kappa shape index (κ3) is 1.65. The molecule has 46 valence electrons. The molecule has 1 aliphatic heterocycles. The molecule has 0 fully saturated rings. The average Bonchev–Trinajstić information content (AvgIpc) is 2.50. The van der Waals surface area contributed by atoms with Gasteiger partial charge in [0, 0.05) is 5.71 Å². The molecule has 0 spiro atoms. The summed E-state index contributed by atoms with van der Waals surface area (Å²) >= 11 is 0. The Morgan fingerprint density at radius 3 is 2.75 bits per heavy atom. The van der Waals surface area contributed by atoms with E-state index in [1.165, 1.54) is 18.6 Å². The third-order valence-electron chi connectivity index (χ3n) is 1.66. The SMILES string of the molecule is CCC(C)CC1=NC1. The summed E-state index contributed by atoms with van der Waals surface area (Å²) in [6, 6.07) is 0. The van der Waals surface area contributed by atoms with Crippen molar-refractivity contribution in [3.63, 3.8) is 0 Å². The fourth-order valence-corrected chi connectivity index (χ4v) is 0.732. The Kier molecular flexibility index (Phi) is 1.66. The van der Waals surface area contributed by atoms with E-state index in [0.29, 0.717) is 0 Å². The molecule has 0 saturated heterocycles. The van der Waals surface area contributed by atoms with E-state index in [2.05, 4.69) is 18.8 Å². The Morgan fingerprint density at radius 2 is 2.38 bits per heavy atom. The van der Waals surface area contributed by atoms with E-state index in [-0.39, 0.29) is 0 Å². The second-order valence-electron chi connectivity index (χ2n) is 2.60. The average molecular weight is 111 g/mol. The standard InChI is InChI=1S/C7H13N/c1-3-6(2)4-7-5-8-7/h6H,3-5H2,1-2H3. The van der Waals surface area contributed by atoms with Gasteiger partial charge in [-0.1, -0.05) is 20.3 Å². The molecule has 1 aliphatic rings. The smallest absolute Gasteiger partial charge is 0.0768 e. The lowest BCUT2D eigenvalue weighted by Gasteiger charge is -2.00. The molecule has 0 saturated carbocycles. The van der Waals surface area contributed by atoms with Crippen molar-refractivity contribution in [2.45, 2.75) is 26.7 Å². The molecule has 1 unspecified atom stereocenters. The maximum atomic E-state index is 4.11. The van der Waals surface area contributed by atoms with Crippen LogP contribution in [0.5, 0.6) is 0 Å². The van der Waals surface area contributed by atoms with Gasteiger partial charge in [0.25, 0.3) is 0 Å². The highest BCUT2D eigenvalue weighted by Gasteiger charge is 2.11. The first kappa shape index (κ1) is 5.80. The Balaban J connectivity index is 2.07. The highest BCUT2D eigenvalue weighted by Crippen LogP contribution is 2.12. The lowest BCUT2D eigenvalue weighted by molar-refractivity contribution is 0.590. The van der Waals surface area contributed by atoms with Crippen molar-refractivity contribution in [1.82, 2.24) is 0 Å². The van der Waals surface area contributed by atoms with Crippen LogP contribution in [0.2, 0.25) is 0 Å². The van der Waals surface area contributed by atoms with Crippen molar-refractivity contribution >= 4 is 5.71 Å². The Labute approximate surface area is 50.8 Å². The number of hydrogen-bond donors (Lipinski definition) is 0. The Bertz CT molecular complexity index is 105. The molecule has 0 radical (unpaired) electrons. The number of nitrogens with zero attached hydrogens (tertiary/aromatic N) is 1. The van der Waals surface area contributed by atoms with Crippen LogP contribution in [0, 0.1) is 5.92 Å². The molecular formula is C7H13N. The van der Waals surface area contributed by atoms with Gasteiger partial charge < -0.3 is 0 Å². The van der Waals surface area contributed by atoms with Crippen LogP contribution in [0.1, 0.15) is 26.7 Å². The van der Waals surface area contributed by atoms with E-state index < -0.39 is 0 Å². The van der Waals surface area contributed by atoms with Gasteiger partial charge in [0.05, 0.1) is 6.54 Å². The summed E-state index contributed by atoms with van der Waals surface area (Å²) in [5.41, 5.74) is 1.43. The van der Waals surface area contributed by atoms with Crippen molar-refractivity contribution in [2.75, 3.05) is 6.54 Å². The number of aliphatic imine (C=N–C) groups is 1. The van der Waals surface area contributed by atoms with E-state index in [9.17, 15) is 0 Å². The maximum Gasteiger partial charge on any atom is 0.0768 e. The zero-order valence-electron chi connectivity index (χ0n) is 5.65. The minimum Gasteiger partial charge on any atom is -0.286 e. The van der Waals surface area contributed by atoms with E-state index in [0.717, 1.165) is 12.5 Å². The van der Waals surface area contributed by atoms with Crippen LogP contribution in [-0.2, 0) is 0 Å². The van der Waals surface area contributed by atoms with Crippen LogP contribution in [0.25, 0.3) is 0 Å². The third-order valence-corrected chi connectivity index (χ3v) is 1.66. The van der Waals surface area contributed by atoms with Gasteiger partial charge in [0.1, 0.15) is 0 Å². The minimum atomic E-state index is 0.858. The minimum absolute atomic E-state index is 0.858. The number of hydrogen-bond acceptors (Lipinski definition) is 1. The van der Waals surface area contributed by atoms with Gasteiger partial charge in [-0.15, -0.1) is 0 Å². The number of rotatable bonds is 3. The van der Waals surface area contributed by atoms with Crippen molar-refractivity contribution in [1.29, 1.82) is 0 Å². The molecule has 8 heavy (non-hydrogen) atoms. The first-order chi connectivity index (χ1) is 3.83. The van der Waals surface area contributed by atoms with Crippen LogP contribution in [0.3, 0.4) is 0 Å². The summed E-state index contributed by atoms with van der Waals surface area (Å²) in [5.74, 6) is 0.858. The molecule has 1 nitrogen and oxygen atoms in total. The predicted octanol–water partition coefficient (Wildman–Crippen LogP) is 1.88. The molecule has 0 aromatic rings. The van der Waals surface area contributed by atoms with Crippen LogP contribution in [0.15, 0.2) is 4.99 Å². The van der Waals surface area contributed by atoms with Gasteiger partial charge in [0.2, 0.25) is 0 Å². The van der Waals surface area contributed by atoms with Gasteiger partial charge in [-0.05, 0) is 12.3 Å². The second kappa shape index (κ2) is 2.29. The summed E-state index contributed by atoms with van der Waals surface area (Å²) in [5, 5.41) is 0. The largest absolute Gasteiger partial charge is 0.286 e. The second-order valence-corrected chi connectivity index (χ2v) is 2.60. The van der Waals surface area contributed by atoms with Gasteiger partial charge in [-0.25, -0.2) is 0 Å². The highest BCUT2D eigenvalue weighted by molar-refractivity contribution is 5.96. The van der Waals surface area contributed by atoms with Crippen LogP contribution in [0.4, 0.5) is 0 Å². The fraction of sp³-hybridized carbons (Fsp3) is 0.857. The fourth-order valence-electron chi connectivity index (χ4n) is 0.732. The van der Waals surface area contributed by atoms with Gasteiger partial charge in [0.15, 0.2) is 0 Å². The molecule has 0 N–H and O–H groups in total. The van der Waals surface area contributed by atoms with Gasteiger partial charge in [-0.2, -0.15) is 0 Å². The maximum absolute atomic E-state index is 4.11. The Hall–Kier alpha value is -0.330. The summed E-state index contributed by atoms with van der Waals surface area (Å²) < 4.78 is 0. The summed E-state index contributed by atoms with van der Waals surface area (Å²) in [6.45, 7) is 5.57. The summed E-state index contributed by atoms with van der Waals surface area (Å²) in [4.78, 5) is 4.11. The molecule has 1 atom stereocenters. The van der Waals surface area contributed by atoms with E-state index in [1.54, 1.807) is 0 Å². The zero-order valence-corrected chi connectivity index (χ0v) is 5.65. The molecule has 1 rings (SSSR count).